The number of benzene rings is 2. The minimum absolute atomic E-state index is 0.0503. The third kappa shape index (κ3) is 4.25. The highest BCUT2D eigenvalue weighted by Gasteiger charge is 2.35. The summed E-state index contributed by atoms with van der Waals surface area (Å²) in [6.07, 6.45) is 1.74. The van der Waals surface area contributed by atoms with Gasteiger partial charge in [0, 0.05) is 23.7 Å². The maximum absolute atomic E-state index is 12.2. The summed E-state index contributed by atoms with van der Waals surface area (Å²) in [6, 6.07) is 14.8. The molecule has 3 rings (SSSR count). The van der Waals surface area contributed by atoms with E-state index in [2.05, 4.69) is 10.5 Å². The van der Waals surface area contributed by atoms with Crippen molar-refractivity contribution in [2.75, 3.05) is 11.4 Å². The highest BCUT2D eigenvalue weighted by molar-refractivity contribution is 6.30. The monoisotopic (exact) mass is 355 g/mol. The fraction of sp³-hybridized carbons (Fsp3) is 0.211. The van der Waals surface area contributed by atoms with Crippen molar-refractivity contribution in [3.05, 3.63) is 64.7 Å². The minimum atomic E-state index is -0.406. The number of amides is 2. The van der Waals surface area contributed by atoms with E-state index >= 15 is 0 Å². The average molecular weight is 356 g/mol. The zero-order valence-corrected chi connectivity index (χ0v) is 14.5. The standard InChI is InChI=1S/C19H18ClN3O2/c1-13-2-8-17(9-3-13)23-12-15(10-18(23)24)19(25)22-21-11-14-4-6-16(20)7-5-14/h2-9,11,15H,10,12H2,1H3,(H,22,25)/b21-11-/t15-/m1/s1. The number of aryl methyl sites for hydroxylation is 1. The molecule has 1 fully saturated rings. The van der Waals surface area contributed by atoms with Crippen LogP contribution in [0.4, 0.5) is 5.69 Å². The van der Waals surface area contributed by atoms with Crippen molar-refractivity contribution >= 4 is 35.3 Å². The van der Waals surface area contributed by atoms with Gasteiger partial charge in [0.15, 0.2) is 0 Å². The second-order valence-electron chi connectivity index (χ2n) is 6.03. The van der Waals surface area contributed by atoms with E-state index in [4.69, 9.17) is 11.6 Å². The van der Waals surface area contributed by atoms with Crippen LogP contribution in [0.1, 0.15) is 17.5 Å². The van der Waals surface area contributed by atoms with Crippen LogP contribution in [0.15, 0.2) is 53.6 Å². The van der Waals surface area contributed by atoms with E-state index in [0.29, 0.717) is 11.6 Å². The molecule has 1 aliphatic heterocycles. The number of nitrogens with one attached hydrogen (secondary N) is 1. The second-order valence-corrected chi connectivity index (χ2v) is 6.46. The summed E-state index contributed by atoms with van der Waals surface area (Å²) in [4.78, 5) is 26.1. The van der Waals surface area contributed by atoms with E-state index < -0.39 is 5.92 Å². The average Bonchev–Trinajstić information content (AvgIpc) is 2.99. The Morgan fingerprint density at radius 2 is 1.88 bits per heavy atom. The molecule has 0 unspecified atom stereocenters. The number of nitrogens with zero attached hydrogens (tertiary/aromatic N) is 2. The number of hydrogen-bond acceptors (Lipinski definition) is 3. The molecule has 5 nitrogen and oxygen atoms in total. The molecule has 1 aliphatic rings. The number of carbonyl (C=O) groups is 2. The van der Waals surface area contributed by atoms with Gasteiger partial charge in [0.2, 0.25) is 11.8 Å². The van der Waals surface area contributed by atoms with E-state index in [1.165, 1.54) is 0 Å². The topological polar surface area (TPSA) is 61.8 Å². The van der Waals surface area contributed by atoms with Gasteiger partial charge < -0.3 is 4.90 Å². The molecule has 1 N–H and O–H groups in total. The van der Waals surface area contributed by atoms with E-state index in [9.17, 15) is 9.59 Å². The molecular formula is C19H18ClN3O2. The van der Waals surface area contributed by atoms with Gasteiger partial charge >= 0.3 is 0 Å². The number of halogens is 1. The lowest BCUT2D eigenvalue weighted by atomic mass is 10.1. The molecule has 128 valence electrons. The van der Waals surface area contributed by atoms with E-state index in [1.54, 1.807) is 35.4 Å². The zero-order chi connectivity index (χ0) is 17.8. The van der Waals surface area contributed by atoms with Gasteiger partial charge in [-0.3, -0.25) is 9.59 Å². The lowest BCUT2D eigenvalue weighted by Crippen LogP contribution is -2.30. The first-order valence-electron chi connectivity index (χ1n) is 7.98. The lowest BCUT2D eigenvalue weighted by molar-refractivity contribution is -0.126. The second kappa shape index (κ2) is 7.49. The van der Waals surface area contributed by atoms with Crippen LogP contribution in [0, 0.1) is 12.8 Å². The molecule has 2 aromatic carbocycles. The molecule has 2 amide bonds. The Bertz CT molecular complexity index is 800. The maximum atomic E-state index is 12.2. The Morgan fingerprint density at radius 3 is 2.56 bits per heavy atom. The lowest BCUT2D eigenvalue weighted by Gasteiger charge is -2.16. The first-order valence-corrected chi connectivity index (χ1v) is 8.36. The van der Waals surface area contributed by atoms with Gasteiger partial charge in [-0.15, -0.1) is 0 Å². The fourth-order valence-corrected chi connectivity index (χ4v) is 2.79. The summed E-state index contributed by atoms with van der Waals surface area (Å²) < 4.78 is 0. The van der Waals surface area contributed by atoms with Crippen molar-refractivity contribution < 1.29 is 9.59 Å². The molecule has 1 atom stereocenters. The minimum Gasteiger partial charge on any atom is -0.312 e. The number of hydrazone groups is 1. The molecule has 0 aliphatic carbocycles. The van der Waals surface area contributed by atoms with Crippen LogP contribution < -0.4 is 10.3 Å². The van der Waals surface area contributed by atoms with Gasteiger partial charge in [-0.25, -0.2) is 5.43 Å². The van der Waals surface area contributed by atoms with Crippen LogP contribution >= 0.6 is 11.6 Å². The SMILES string of the molecule is Cc1ccc(N2C[C@H](C(=O)N/N=C\c3ccc(Cl)cc3)CC2=O)cc1. The van der Waals surface area contributed by atoms with Crippen LogP contribution in [0.5, 0.6) is 0 Å². The molecule has 0 aromatic heterocycles. The summed E-state index contributed by atoms with van der Waals surface area (Å²) in [7, 11) is 0. The molecular weight excluding hydrogens is 338 g/mol. The van der Waals surface area contributed by atoms with Crippen molar-refractivity contribution in [3.8, 4) is 0 Å². The third-order valence-electron chi connectivity index (χ3n) is 4.10. The van der Waals surface area contributed by atoms with E-state index in [1.807, 2.05) is 31.2 Å². The molecule has 0 saturated carbocycles. The Hall–Kier alpha value is -2.66. The Balaban J connectivity index is 1.59. The molecule has 25 heavy (non-hydrogen) atoms. The molecule has 0 bridgehead atoms. The van der Waals surface area contributed by atoms with Gasteiger partial charge in [-0.1, -0.05) is 41.4 Å². The zero-order valence-electron chi connectivity index (χ0n) is 13.8. The van der Waals surface area contributed by atoms with Crippen LogP contribution in [0.2, 0.25) is 5.02 Å². The predicted molar refractivity (Wildman–Crippen MR) is 98.8 cm³/mol. The van der Waals surface area contributed by atoms with E-state index in [0.717, 1.165) is 16.8 Å². The Morgan fingerprint density at radius 1 is 1.20 bits per heavy atom. The van der Waals surface area contributed by atoms with E-state index in [-0.39, 0.29) is 18.2 Å². The smallest absolute Gasteiger partial charge is 0.245 e. The van der Waals surface area contributed by atoms with Crippen LogP contribution in [0.3, 0.4) is 0 Å². The number of rotatable bonds is 4. The summed E-state index contributed by atoms with van der Waals surface area (Å²) in [6.45, 7) is 2.36. The number of anilines is 1. The van der Waals surface area contributed by atoms with Gasteiger partial charge in [-0.05, 0) is 36.8 Å². The quantitative estimate of drug-likeness (QED) is 0.676. The van der Waals surface area contributed by atoms with Gasteiger partial charge in [0.05, 0.1) is 12.1 Å². The Kier molecular flexibility index (Phi) is 5.14. The predicted octanol–water partition coefficient (Wildman–Crippen LogP) is 3.15. The van der Waals surface area contributed by atoms with Gasteiger partial charge in [0.1, 0.15) is 0 Å². The van der Waals surface area contributed by atoms with Crippen LogP contribution in [-0.2, 0) is 9.59 Å². The maximum Gasteiger partial charge on any atom is 0.245 e. The molecule has 6 heteroatoms. The number of hydrogen-bond donors (Lipinski definition) is 1. The third-order valence-corrected chi connectivity index (χ3v) is 4.35. The van der Waals surface area contributed by atoms with Crippen molar-refractivity contribution in [1.29, 1.82) is 0 Å². The fourth-order valence-electron chi connectivity index (χ4n) is 2.67. The van der Waals surface area contributed by atoms with Crippen molar-refractivity contribution in [1.82, 2.24) is 5.43 Å². The van der Waals surface area contributed by atoms with Crippen LogP contribution in [-0.4, -0.2) is 24.6 Å². The molecule has 1 saturated heterocycles. The molecule has 0 radical (unpaired) electrons. The summed E-state index contributed by atoms with van der Waals surface area (Å²) >= 11 is 5.82. The highest BCUT2D eigenvalue weighted by atomic mass is 35.5. The Labute approximate surface area is 151 Å². The molecule has 2 aromatic rings. The molecule has 1 heterocycles. The van der Waals surface area contributed by atoms with Crippen molar-refractivity contribution in [3.63, 3.8) is 0 Å². The normalized spacial score (nSPS) is 17.3. The van der Waals surface area contributed by atoms with Crippen molar-refractivity contribution in [2.45, 2.75) is 13.3 Å². The first kappa shape index (κ1) is 17.2. The molecule has 0 spiro atoms. The summed E-state index contributed by atoms with van der Waals surface area (Å²) in [5, 5.41) is 4.59. The largest absolute Gasteiger partial charge is 0.312 e. The first-order chi connectivity index (χ1) is 12.0. The van der Waals surface area contributed by atoms with Gasteiger partial charge in [-0.2, -0.15) is 5.10 Å². The van der Waals surface area contributed by atoms with Gasteiger partial charge in [0.25, 0.3) is 0 Å². The van der Waals surface area contributed by atoms with Crippen molar-refractivity contribution in [2.24, 2.45) is 11.0 Å². The highest BCUT2D eigenvalue weighted by Crippen LogP contribution is 2.25. The number of carbonyl (C=O) groups excluding carboxylic acids is 2. The van der Waals surface area contributed by atoms with Crippen LogP contribution in [0.25, 0.3) is 0 Å². The summed E-state index contributed by atoms with van der Waals surface area (Å²) in [5.41, 5.74) is 5.28. The summed E-state index contributed by atoms with van der Waals surface area (Å²) in [5.74, 6) is -0.713.